The van der Waals surface area contributed by atoms with E-state index in [1.807, 2.05) is 0 Å². The van der Waals surface area contributed by atoms with Gasteiger partial charge in [-0.15, -0.1) is 5.73 Å². The monoisotopic (exact) mass is 518 g/mol. The van der Waals surface area contributed by atoms with Gasteiger partial charge >= 0.3 is 11.9 Å². The second-order valence-corrected chi connectivity index (χ2v) is 11.2. The van der Waals surface area contributed by atoms with Crippen LogP contribution in [0.3, 0.4) is 0 Å². The molecule has 0 atom stereocenters. The van der Waals surface area contributed by atoms with Gasteiger partial charge in [0.05, 0.1) is 28.9 Å². The van der Waals surface area contributed by atoms with E-state index >= 15 is 0 Å². The third-order valence-electron chi connectivity index (χ3n) is 5.27. The summed E-state index contributed by atoms with van der Waals surface area (Å²) in [6.07, 6.45) is 0.285. The molecule has 0 bridgehead atoms. The summed E-state index contributed by atoms with van der Waals surface area (Å²) in [5.74, 6) is -2.06. The number of benzene rings is 2. The number of hydrogen-bond donors (Lipinski definition) is 0. The van der Waals surface area contributed by atoms with Crippen molar-refractivity contribution in [3.05, 3.63) is 89.4 Å². The number of methoxy groups -OCH3 is 2. The van der Waals surface area contributed by atoms with Crippen LogP contribution in [0.15, 0.2) is 99.2 Å². The van der Waals surface area contributed by atoms with Gasteiger partial charge in [-0.05, 0) is 37.1 Å². The van der Waals surface area contributed by atoms with Gasteiger partial charge in [-0.25, -0.2) is 16.8 Å². The first kappa shape index (κ1) is 27.8. The molecular formula is C25H26O8S2. The van der Waals surface area contributed by atoms with E-state index in [2.05, 4.69) is 12.3 Å². The van der Waals surface area contributed by atoms with Crippen LogP contribution in [-0.2, 0) is 38.7 Å². The summed E-state index contributed by atoms with van der Waals surface area (Å²) < 4.78 is 60.9. The molecule has 10 heteroatoms. The van der Waals surface area contributed by atoms with Crippen molar-refractivity contribution in [2.45, 2.75) is 29.1 Å². The number of rotatable bonds is 11. The van der Waals surface area contributed by atoms with Crippen LogP contribution >= 0.6 is 0 Å². The minimum absolute atomic E-state index is 0.0661. The third-order valence-corrected chi connectivity index (χ3v) is 8.58. The van der Waals surface area contributed by atoms with Crippen molar-refractivity contribution >= 4 is 31.6 Å². The van der Waals surface area contributed by atoms with E-state index in [-0.39, 0.29) is 22.6 Å². The number of hydrogen-bond acceptors (Lipinski definition) is 8. The van der Waals surface area contributed by atoms with E-state index in [9.17, 15) is 26.4 Å². The van der Waals surface area contributed by atoms with Crippen molar-refractivity contribution in [2.24, 2.45) is 5.41 Å². The smallest absolute Gasteiger partial charge is 0.323 e. The summed E-state index contributed by atoms with van der Waals surface area (Å²) in [5, 5.41) is 0.965. The zero-order valence-corrected chi connectivity index (χ0v) is 21.0. The van der Waals surface area contributed by atoms with Gasteiger partial charge in [-0.2, -0.15) is 0 Å². The lowest BCUT2D eigenvalue weighted by Gasteiger charge is -2.28. The predicted octanol–water partition coefficient (Wildman–Crippen LogP) is 3.62. The van der Waals surface area contributed by atoms with Gasteiger partial charge in [-0.3, -0.25) is 9.59 Å². The Morgan fingerprint density at radius 3 is 1.83 bits per heavy atom. The summed E-state index contributed by atoms with van der Waals surface area (Å²) in [4.78, 5) is 25.3. The van der Waals surface area contributed by atoms with Crippen LogP contribution in [0.4, 0.5) is 0 Å². The summed E-state index contributed by atoms with van der Waals surface area (Å²) in [7, 11) is -5.79. The molecule has 2 aromatic carbocycles. The Bertz CT molecular complexity index is 1320. The minimum atomic E-state index is -4.14. The van der Waals surface area contributed by atoms with Crippen LogP contribution in [0.5, 0.6) is 0 Å². The highest BCUT2D eigenvalue weighted by Crippen LogP contribution is 2.38. The van der Waals surface area contributed by atoms with Crippen LogP contribution in [0.2, 0.25) is 0 Å². The van der Waals surface area contributed by atoms with Gasteiger partial charge in [0.25, 0.3) is 0 Å². The maximum Gasteiger partial charge on any atom is 0.323 e. The van der Waals surface area contributed by atoms with E-state index in [0.29, 0.717) is 0 Å². The van der Waals surface area contributed by atoms with Crippen LogP contribution in [0.1, 0.15) is 19.3 Å². The molecule has 2 aromatic rings. The van der Waals surface area contributed by atoms with Crippen molar-refractivity contribution in [3.8, 4) is 0 Å². The van der Waals surface area contributed by atoms with Gasteiger partial charge < -0.3 is 9.47 Å². The first-order chi connectivity index (χ1) is 16.5. The van der Waals surface area contributed by atoms with Gasteiger partial charge in [0.15, 0.2) is 15.3 Å². The number of sulfone groups is 2. The Labute approximate surface area is 205 Å². The standard InChI is InChI=1S/C25H26O8S2/c1-4-20(35(30,31)22-15-9-6-10-16-22)19-25(23(26)32-2,24(27)33-3)17-11-12-18-34(28,29)21-13-7-5-8-14-21/h5-10,12-16,18H,1,11,17,19H2,2-3H3/b18-12+. The molecule has 186 valence electrons. The number of ether oxygens (including phenoxy) is 2. The summed E-state index contributed by atoms with van der Waals surface area (Å²) in [6, 6.07) is 15.1. The molecule has 0 aromatic heterocycles. The van der Waals surface area contributed by atoms with Crippen molar-refractivity contribution in [1.82, 2.24) is 0 Å². The van der Waals surface area contributed by atoms with Crippen molar-refractivity contribution in [1.29, 1.82) is 0 Å². The normalized spacial score (nSPS) is 12.1. The summed E-state index contributed by atoms with van der Waals surface area (Å²) in [6.45, 7) is 3.43. The molecular weight excluding hydrogens is 492 g/mol. The molecule has 2 rings (SSSR count). The van der Waals surface area contributed by atoms with E-state index in [1.54, 1.807) is 24.3 Å². The first-order valence-corrected chi connectivity index (χ1v) is 13.4. The van der Waals surface area contributed by atoms with Crippen LogP contribution in [0, 0.1) is 5.41 Å². The molecule has 0 unspecified atom stereocenters. The molecule has 0 saturated carbocycles. The number of carbonyl (C=O) groups excluding carboxylic acids is 2. The molecule has 0 amide bonds. The molecule has 0 fully saturated rings. The Kier molecular flexibility index (Phi) is 9.36. The van der Waals surface area contributed by atoms with Crippen molar-refractivity contribution in [2.75, 3.05) is 14.2 Å². The summed E-state index contributed by atoms with van der Waals surface area (Å²) in [5.41, 5.74) is 0.262. The van der Waals surface area contributed by atoms with Gasteiger partial charge in [0, 0.05) is 11.8 Å². The van der Waals surface area contributed by atoms with Gasteiger partial charge in [0.1, 0.15) is 0 Å². The number of carbonyl (C=O) groups is 2. The fourth-order valence-electron chi connectivity index (χ4n) is 3.39. The Morgan fingerprint density at radius 2 is 1.37 bits per heavy atom. The third kappa shape index (κ3) is 6.36. The second-order valence-electron chi connectivity index (χ2n) is 7.43. The maximum atomic E-state index is 13.1. The molecule has 0 aliphatic rings. The lowest BCUT2D eigenvalue weighted by atomic mass is 9.79. The minimum Gasteiger partial charge on any atom is -0.468 e. The largest absolute Gasteiger partial charge is 0.468 e. The van der Waals surface area contributed by atoms with Gasteiger partial charge in [0.2, 0.25) is 9.84 Å². The SMILES string of the molecule is C=C=C(CC(CC/C=C/S(=O)(=O)c1ccccc1)(C(=O)OC)C(=O)OC)S(=O)(=O)c1ccccc1. The van der Waals surface area contributed by atoms with E-state index in [1.165, 1.54) is 42.5 Å². The molecule has 35 heavy (non-hydrogen) atoms. The summed E-state index contributed by atoms with van der Waals surface area (Å²) >= 11 is 0. The van der Waals surface area contributed by atoms with E-state index < -0.39 is 48.4 Å². The predicted molar refractivity (Wildman–Crippen MR) is 129 cm³/mol. The molecule has 0 saturated heterocycles. The fraction of sp³-hybridized carbons (Fsp3) is 0.240. The second kappa shape index (κ2) is 11.8. The highest BCUT2D eigenvalue weighted by molar-refractivity contribution is 7.95. The van der Waals surface area contributed by atoms with Crippen molar-refractivity contribution < 1.29 is 35.9 Å². The zero-order valence-electron chi connectivity index (χ0n) is 19.3. The maximum absolute atomic E-state index is 13.1. The molecule has 0 heterocycles. The zero-order chi connectivity index (χ0) is 26.1. The average molecular weight is 519 g/mol. The Morgan fingerprint density at radius 1 is 0.886 bits per heavy atom. The lowest BCUT2D eigenvalue weighted by molar-refractivity contribution is -0.169. The topological polar surface area (TPSA) is 121 Å². The molecule has 0 spiro atoms. The Balaban J connectivity index is 2.42. The number of allylic oxidation sites excluding steroid dienone is 2. The molecule has 8 nitrogen and oxygen atoms in total. The first-order valence-electron chi connectivity index (χ1n) is 10.4. The number of esters is 2. The van der Waals surface area contributed by atoms with E-state index in [4.69, 9.17) is 9.47 Å². The fourth-order valence-corrected chi connectivity index (χ4v) is 5.90. The molecule has 0 N–H and O–H groups in total. The van der Waals surface area contributed by atoms with Gasteiger partial charge in [-0.1, -0.05) is 49.1 Å². The van der Waals surface area contributed by atoms with Crippen LogP contribution in [0.25, 0.3) is 0 Å². The molecule has 0 radical (unpaired) electrons. The Hall–Kier alpha value is -3.46. The molecule has 0 aliphatic heterocycles. The quantitative estimate of drug-likeness (QED) is 0.251. The van der Waals surface area contributed by atoms with Crippen molar-refractivity contribution in [3.63, 3.8) is 0 Å². The van der Waals surface area contributed by atoms with Crippen LogP contribution < -0.4 is 0 Å². The molecule has 0 aliphatic carbocycles. The van der Waals surface area contributed by atoms with E-state index in [0.717, 1.165) is 19.6 Å². The highest BCUT2D eigenvalue weighted by Gasteiger charge is 2.50. The van der Waals surface area contributed by atoms with Crippen LogP contribution in [-0.4, -0.2) is 43.0 Å². The lowest BCUT2D eigenvalue weighted by Crippen LogP contribution is -2.42. The average Bonchev–Trinajstić information content (AvgIpc) is 2.88. The highest BCUT2D eigenvalue weighted by atomic mass is 32.2.